The van der Waals surface area contributed by atoms with Gasteiger partial charge in [-0.2, -0.15) is 4.98 Å². The van der Waals surface area contributed by atoms with Crippen LogP contribution in [0.3, 0.4) is 0 Å². The van der Waals surface area contributed by atoms with Crippen molar-refractivity contribution in [1.29, 1.82) is 0 Å². The van der Waals surface area contributed by atoms with Crippen molar-refractivity contribution in [2.75, 3.05) is 31.5 Å². The van der Waals surface area contributed by atoms with E-state index in [2.05, 4.69) is 32.2 Å². The maximum Gasteiger partial charge on any atom is 0.225 e. The van der Waals surface area contributed by atoms with Crippen molar-refractivity contribution < 1.29 is 14.6 Å². The molecule has 0 radical (unpaired) electrons. The molecule has 3 rings (SSSR count). The van der Waals surface area contributed by atoms with Gasteiger partial charge in [0.15, 0.2) is 5.82 Å². The molecule has 1 unspecified atom stereocenters. The van der Waals surface area contributed by atoms with Gasteiger partial charge in [0.05, 0.1) is 32.4 Å². The minimum atomic E-state index is -0.161. The van der Waals surface area contributed by atoms with Gasteiger partial charge in [0.2, 0.25) is 5.95 Å². The fourth-order valence-electron chi connectivity index (χ4n) is 3.14. The third kappa shape index (κ3) is 5.82. The molecular formula is C23H29N5O3. The first-order chi connectivity index (χ1) is 15.0. The third-order valence-electron chi connectivity index (χ3n) is 4.87. The van der Waals surface area contributed by atoms with Gasteiger partial charge in [-0.3, -0.25) is 4.98 Å². The lowest BCUT2D eigenvalue weighted by atomic mass is 10.1. The Morgan fingerprint density at radius 2 is 2.03 bits per heavy atom. The number of aliphatic hydroxyl groups is 1. The minimum Gasteiger partial charge on any atom is -0.497 e. The number of hydrogen-bond donors (Lipinski definition) is 3. The van der Waals surface area contributed by atoms with Crippen LogP contribution in [0.15, 0.2) is 48.7 Å². The smallest absolute Gasteiger partial charge is 0.225 e. The van der Waals surface area contributed by atoms with Gasteiger partial charge in [-0.1, -0.05) is 5.57 Å². The first-order valence-electron chi connectivity index (χ1n) is 10.1. The van der Waals surface area contributed by atoms with Crippen molar-refractivity contribution in [3.05, 3.63) is 54.2 Å². The lowest BCUT2D eigenvalue weighted by molar-refractivity contribution is 0.269. The Hall–Kier alpha value is -3.39. The number of rotatable bonds is 11. The first kappa shape index (κ1) is 22.3. The normalized spacial score (nSPS) is 11.7. The van der Waals surface area contributed by atoms with E-state index in [9.17, 15) is 5.11 Å². The van der Waals surface area contributed by atoms with Crippen molar-refractivity contribution >= 4 is 22.8 Å². The summed E-state index contributed by atoms with van der Waals surface area (Å²) in [5.41, 5.74) is 3.38. The third-order valence-corrected chi connectivity index (χ3v) is 4.87. The number of nitrogens with zero attached hydrogens (tertiary/aromatic N) is 3. The molecule has 3 aromatic rings. The van der Waals surface area contributed by atoms with Crippen LogP contribution in [0.2, 0.25) is 0 Å². The topological polar surface area (TPSA) is 101 Å². The molecule has 0 aliphatic heterocycles. The number of fused-ring (bicyclic) bond motifs is 1. The lowest BCUT2D eigenvalue weighted by Crippen LogP contribution is -2.25. The highest BCUT2D eigenvalue weighted by atomic mass is 16.5. The Morgan fingerprint density at radius 3 is 2.74 bits per heavy atom. The van der Waals surface area contributed by atoms with Crippen LogP contribution in [0.5, 0.6) is 11.5 Å². The van der Waals surface area contributed by atoms with Crippen molar-refractivity contribution in [2.24, 2.45) is 0 Å². The Labute approximate surface area is 182 Å². The second kappa shape index (κ2) is 10.6. The summed E-state index contributed by atoms with van der Waals surface area (Å²) in [6.45, 7) is 6.37. The Kier molecular flexibility index (Phi) is 7.61. The predicted octanol–water partition coefficient (Wildman–Crippen LogP) is 3.78. The molecule has 31 heavy (non-hydrogen) atoms. The van der Waals surface area contributed by atoms with Crippen LogP contribution < -0.4 is 20.1 Å². The van der Waals surface area contributed by atoms with Gasteiger partial charge in [-0.15, -0.1) is 6.58 Å². The van der Waals surface area contributed by atoms with Gasteiger partial charge >= 0.3 is 0 Å². The minimum absolute atomic E-state index is 0.0164. The summed E-state index contributed by atoms with van der Waals surface area (Å²) >= 11 is 0. The molecular weight excluding hydrogens is 394 g/mol. The number of methoxy groups -OCH3 is 2. The summed E-state index contributed by atoms with van der Waals surface area (Å²) in [6.07, 6.45) is 3.26. The monoisotopic (exact) mass is 423 g/mol. The molecule has 0 saturated carbocycles. The summed E-state index contributed by atoms with van der Waals surface area (Å²) in [7, 11) is 3.24. The van der Waals surface area contributed by atoms with Gasteiger partial charge in [0, 0.05) is 24.4 Å². The van der Waals surface area contributed by atoms with E-state index < -0.39 is 0 Å². The van der Waals surface area contributed by atoms with E-state index >= 15 is 0 Å². The number of allylic oxidation sites excluding steroid dienone is 1. The highest BCUT2D eigenvalue weighted by Crippen LogP contribution is 2.26. The van der Waals surface area contributed by atoms with Gasteiger partial charge < -0.3 is 25.2 Å². The van der Waals surface area contributed by atoms with Gasteiger partial charge in [-0.05, 0) is 44.0 Å². The Bertz CT molecular complexity index is 1040. The molecule has 0 bridgehead atoms. The van der Waals surface area contributed by atoms with Crippen LogP contribution in [-0.2, 0) is 6.54 Å². The largest absolute Gasteiger partial charge is 0.497 e. The lowest BCUT2D eigenvalue weighted by Gasteiger charge is -2.18. The van der Waals surface area contributed by atoms with Crippen molar-refractivity contribution in [1.82, 2.24) is 15.0 Å². The fraction of sp³-hybridized carbons (Fsp3) is 0.348. The zero-order chi connectivity index (χ0) is 22.2. The number of anilines is 2. The second-order valence-electron chi connectivity index (χ2n) is 7.32. The van der Waals surface area contributed by atoms with Crippen LogP contribution in [0.4, 0.5) is 11.8 Å². The molecule has 2 aromatic heterocycles. The van der Waals surface area contributed by atoms with Crippen LogP contribution >= 0.6 is 0 Å². The number of nitrogens with one attached hydrogen (secondary N) is 2. The fourth-order valence-corrected chi connectivity index (χ4v) is 3.14. The molecule has 0 spiro atoms. The van der Waals surface area contributed by atoms with E-state index in [1.54, 1.807) is 20.4 Å². The maximum atomic E-state index is 9.80. The average Bonchev–Trinajstić information content (AvgIpc) is 2.79. The van der Waals surface area contributed by atoms with Crippen molar-refractivity contribution in [2.45, 2.75) is 32.4 Å². The highest BCUT2D eigenvalue weighted by molar-refractivity contribution is 5.86. The molecule has 3 N–H and O–H groups in total. The first-order valence-corrected chi connectivity index (χ1v) is 10.1. The Balaban J connectivity index is 1.84. The number of hydrogen-bond acceptors (Lipinski definition) is 8. The molecule has 0 saturated heterocycles. The number of aromatic nitrogens is 3. The highest BCUT2D eigenvalue weighted by Gasteiger charge is 2.14. The molecule has 0 amide bonds. The summed E-state index contributed by atoms with van der Waals surface area (Å²) in [5.74, 6) is 2.48. The van der Waals surface area contributed by atoms with Gasteiger partial charge in [-0.25, -0.2) is 4.98 Å². The van der Waals surface area contributed by atoms with Crippen molar-refractivity contribution in [3.63, 3.8) is 0 Å². The zero-order valence-electron chi connectivity index (χ0n) is 18.2. The van der Waals surface area contributed by atoms with Gasteiger partial charge in [0.1, 0.15) is 17.0 Å². The zero-order valence-corrected chi connectivity index (χ0v) is 18.2. The molecule has 164 valence electrons. The van der Waals surface area contributed by atoms with E-state index in [-0.39, 0.29) is 12.6 Å². The predicted molar refractivity (Wildman–Crippen MR) is 123 cm³/mol. The number of aliphatic hydroxyl groups excluding tert-OH is 1. The summed E-state index contributed by atoms with van der Waals surface area (Å²) < 4.78 is 10.7. The van der Waals surface area contributed by atoms with Gasteiger partial charge in [0.25, 0.3) is 0 Å². The van der Waals surface area contributed by atoms with E-state index in [1.807, 2.05) is 37.3 Å². The molecule has 1 atom stereocenters. The molecule has 8 nitrogen and oxygen atoms in total. The quantitative estimate of drug-likeness (QED) is 0.401. The van der Waals surface area contributed by atoms with E-state index in [0.717, 1.165) is 29.7 Å². The van der Waals surface area contributed by atoms with E-state index in [0.29, 0.717) is 35.1 Å². The van der Waals surface area contributed by atoms with Crippen LogP contribution in [0, 0.1) is 0 Å². The second-order valence-corrected chi connectivity index (χ2v) is 7.32. The maximum absolute atomic E-state index is 9.80. The molecule has 0 aliphatic rings. The summed E-state index contributed by atoms with van der Waals surface area (Å²) in [5, 5.41) is 16.4. The molecule has 0 aliphatic carbocycles. The number of ether oxygens (including phenoxy) is 2. The Morgan fingerprint density at radius 1 is 1.19 bits per heavy atom. The van der Waals surface area contributed by atoms with E-state index in [1.165, 1.54) is 0 Å². The molecule has 0 fully saturated rings. The van der Waals surface area contributed by atoms with Crippen LogP contribution in [-0.4, -0.2) is 46.9 Å². The summed E-state index contributed by atoms with van der Waals surface area (Å²) in [4.78, 5) is 13.6. The standard InChI is InChI=1S/C23H29N5O3/c1-15(2)7-9-17(14-29)26-22-21-19(6-5-11-24-21)27-23(28-22)25-13-16-8-10-18(30-3)12-20(16)31-4/h5-6,8,10-12,17,29H,1,7,9,13-14H2,2-4H3,(H2,25,26,27,28). The summed E-state index contributed by atoms with van der Waals surface area (Å²) in [6, 6.07) is 9.21. The number of pyridine rings is 1. The van der Waals surface area contributed by atoms with E-state index in [4.69, 9.17) is 9.47 Å². The molecule has 2 heterocycles. The van der Waals surface area contributed by atoms with Crippen LogP contribution in [0.1, 0.15) is 25.3 Å². The average molecular weight is 424 g/mol. The van der Waals surface area contributed by atoms with Crippen molar-refractivity contribution in [3.8, 4) is 11.5 Å². The molecule has 8 heteroatoms. The van der Waals surface area contributed by atoms with Crippen LogP contribution in [0.25, 0.3) is 11.0 Å². The number of benzene rings is 1. The molecule has 1 aromatic carbocycles. The SMILES string of the molecule is C=C(C)CCC(CO)Nc1nc(NCc2ccc(OC)cc2OC)nc2cccnc12.